The average molecular weight is 423 g/mol. The van der Waals surface area contributed by atoms with Crippen LogP contribution in [0.3, 0.4) is 0 Å². The van der Waals surface area contributed by atoms with Crippen LogP contribution in [-0.2, 0) is 9.53 Å². The van der Waals surface area contributed by atoms with Crippen LogP contribution in [0.2, 0.25) is 0 Å². The summed E-state index contributed by atoms with van der Waals surface area (Å²) in [6.07, 6.45) is 0. The highest BCUT2D eigenvalue weighted by atomic mass is 32.2. The lowest BCUT2D eigenvalue weighted by molar-refractivity contribution is -0.113. The number of ether oxygens (including phenoxy) is 3. The van der Waals surface area contributed by atoms with Gasteiger partial charge in [-0.3, -0.25) is 4.79 Å². The molecule has 1 amide bonds. The molecule has 1 aliphatic rings. The van der Waals surface area contributed by atoms with Gasteiger partial charge >= 0.3 is 5.97 Å². The van der Waals surface area contributed by atoms with E-state index in [2.05, 4.69) is 20.3 Å². The summed E-state index contributed by atoms with van der Waals surface area (Å²) < 4.78 is 15.3. The highest BCUT2D eigenvalue weighted by Gasteiger charge is 2.14. The molecule has 1 aromatic heterocycles. The number of nitrogens with zero attached hydrogens (tertiary/aromatic N) is 2. The van der Waals surface area contributed by atoms with Crippen LogP contribution >= 0.6 is 11.8 Å². The number of hydrogen-bond donors (Lipinski definition) is 1. The van der Waals surface area contributed by atoms with Gasteiger partial charge in [-0.05, 0) is 54.6 Å². The number of aromatic nitrogens is 2. The standard InChI is InChI=1S/C21H17N3O5S/c1-27-21(26)13-2-5-15(6-3-13)22-19(25)11-30-20-9-7-16(23-24-20)14-4-8-17-18(10-14)29-12-28-17/h2-10H,11-12H2,1H3,(H,22,25). The predicted molar refractivity (Wildman–Crippen MR) is 111 cm³/mol. The topological polar surface area (TPSA) is 99.6 Å². The molecule has 0 radical (unpaired) electrons. The Bertz CT molecular complexity index is 1070. The molecule has 0 unspecified atom stereocenters. The van der Waals surface area contributed by atoms with Crippen LogP contribution in [0.1, 0.15) is 10.4 Å². The molecule has 4 rings (SSSR count). The van der Waals surface area contributed by atoms with Gasteiger partial charge in [0.1, 0.15) is 5.03 Å². The van der Waals surface area contributed by atoms with Gasteiger partial charge in [0, 0.05) is 11.3 Å². The molecule has 1 N–H and O–H groups in total. The van der Waals surface area contributed by atoms with Gasteiger partial charge in [0.15, 0.2) is 11.5 Å². The van der Waals surface area contributed by atoms with E-state index in [-0.39, 0.29) is 18.5 Å². The molecule has 152 valence electrons. The molecule has 0 saturated carbocycles. The molecule has 0 aliphatic carbocycles. The Balaban J connectivity index is 1.31. The van der Waals surface area contributed by atoms with Gasteiger partial charge in [-0.2, -0.15) is 0 Å². The second kappa shape index (κ2) is 8.83. The lowest BCUT2D eigenvalue weighted by Crippen LogP contribution is -2.14. The lowest BCUT2D eigenvalue weighted by atomic mass is 10.1. The number of carbonyl (C=O) groups is 2. The molecule has 2 aromatic carbocycles. The van der Waals surface area contributed by atoms with Gasteiger partial charge in [0.05, 0.1) is 24.1 Å². The minimum atomic E-state index is -0.425. The van der Waals surface area contributed by atoms with Gasteiger partial charge in [-0.1, -0.05) is 11.8 Å². The van der Waals surface area contributed by atoms with Crippen LogP contribution in [0.5, 0.6) is 11.5 Å². The zero-order valence-electron chi connectivity index (χ0n) is 16.0. The largest absolute Gasteiger partial charge is 0.465 e. The van der Waals surface area contributed by atoms with Crippen molar-refractivity contribution in [1.29, 1.82) is 0 Å². The van der Waals surface area contributed by atoms with Crippen LogP contribution in [0, 0.1) is 0 Å². The summed E-state index contributed by atoms with van der Waals surface area (Å²) in [7, 11) is 1.32. The summed E-state index contributed by atoms with van der Waals surface area (Å²) in [5.74, 6) is 0.962. The van der Waals surface area contributed by atoms with Crippen molar-refractivity contribution in [2.24, 2.45) is 0 Å². The van der Waals surface area contributed by atoms with Crippen molar-refractivity contribution in [2.45, 2.75) is 5.03 Å². The fourth-order valence-electron chi connectivity index (χ4n) is 2.75. The number of carbonyl (C=O) groups excluding carboxylic acids is 2. The maximum absolute atomic E-state index is 12.2. The molecule has 1 aliphatic heterocycles. The summed E-state index contributed by atoms with van der Waals surface area (Å²) >= 11 is 1.28. The second-order valence-electron chi connectivity index (χ2n) is 6.23. The first-order chi connectivity index (χ1) is 14.6. The van der Waals surface area contributed by atoms with Crippen molar-refractivity contribution in [3.8, 4) is 22.8 Å². The number of fused-ring (bicyclic) bond motifs is 1. The van der Waals surface area contributed by atoms with E-state index < -0.39 is 5.97 Å². The van der Waals surface area contributed by atoms with E-state index >= 15 is 0 Å². The summed E-state index contributed by atoms with van der Waals surface area (Å²) in [6, 6.07) is 15.7. The van der Waals surface area contributed by atoms with Crippen molar-refractivity contribution in [3.63, 3.8) is 0 Å². The number of anilines is 1. The summed E-state index contributed by atoms with van der Waals surface area (Å²) in [6.45, 7) is 0.220. The van der Waals surface area contributed by atoms with Crippen molar-refractivity contribution in [3.05, 3.63) is 60.2 Å². The number of thioether (sulfide) groups is 1. The third-order valence-corrected chi connectivity index (χ3v) is 5.17. The van der Waals surface area contributed by atoms with E-state index in [0.29, 0.717) is 33.5 Å². The molecule has 9 heteroatoms. The first-order valence-corrected chi connectivity index (χ1v) is 9.96. The predicted octanol–water partition coefficient (Wildman–Crippen LogP) is 3.39. The number of benzene rings is 2. The fraction of sp³-hybridized carbons (Fsp3) is 0.143. The van der Waals surface area contributed by atoms with Crippen LogP contribution in [0.25, 0.3) is 11.3 Å². The van der Waals surface area contributed by atoms with E-state index in [9.17, 15) is 9.59 Å². The third kappa shape index (κ3) is 4.52. The van der Waals surface area contributed by atoms with Gasteiger partial charge in [-0.15, -0.1) is 10.2 Å². The third-order valence-electron chi connectivity index (χ3n) is 4.25. The Morgan fingerprint density at radius 2 is 1.83 bits per heavy atom. The van der Waals surface area contributed by atoms with Crippen LogP contribution in [-0.4, -0.2) is 41.7 Å². The molecule has 30 heavy (non-hydrogen) atoms. The Morgan fingerprint density at radius 1 is 1.03 bits per heavy atom. The fourth-order valence-corrected chi connectivity index (χ4v) is 3.36. The van der Waals surface area contributed by atoms with E-state index in [1.165, 1.54) is 18.9 Å². The van der Waals surface area contributed by atoms with Crippen LogP contribution in [0.4, 0.5) is 5.69 Å². The lowest BCUT2D eigenvalue weighted by Gasteiger charge is -2.06. The molecule has 0 spiro atoms. The van der Waals surface area contributed by atoms with E-state index in [1.54, 1.807) is 24.3 Å². The van der Waals surface area contributed by atoms with Crippen LogP contribution < -0.4 is 14.8 Å². The van der Waals surface area contributed by atoms with Crippen molar-refractivity contribution in [2.75, 3.05) is 25.0 Å². The van der Waals surface area contributed by atoms with E-state index in [4.69, 9.17) is 9.47 Å². The Kier molecular flexibility index (Phi) is 5.80. The van der Waals surface area contributed by atoms with Crippen molar-refractivity contribution >= 4 is 29.3 Å². The number of rotatable bonds is 6. The summed E-state index contributed by atoms with van der Waals surface area (Å²) in [5.41, 5.74) is 2.59. The smallest absolute Gasteiger partial charge is 0.337 e. The molecular formula is C21H17N3O5S. The van der Waals surface area contributed by atoms with Gasteiger partial charge < -0.3 is 19.5 Å². The number of nitrogens with one attached hydrogen (secondary N) is 1. The van der Waals surface area contributed by atoms with Gasteiger partial charge in [0.2, 0.25) is 12.7 Å². The molecule has 2 heterocycles. The van der Waals surface area contributed by atoms with E-state index in [1.807, 2.05) is 30.3 Å². The SMILES string of the molecule is COC(=O)c1ccc(NC(=O)CSc2ccc(-c3ccc4c(c3)OCO4)nn2)cc1. The number of amides is 1. The zero-order valence-corrected chi connectivity index (χ0v) is 16.8. The maximum atomic E-state index is 12.2. The van der Waals surface area contributed by atoms with Crippen molar-refractivity contribution < 1.29 is 23.8 Å². The summed E-state index contributed by atoms with van der Waals surface area (Å²) in [5, 5.41) is 11.8. The second-order valence-corrected chi connectivity index (χ2v) is 7.23. The van der Waals surface area contributed by atoms with Gasteiger partial charge in [-0.25, -0.2) is 4.79 Å². The molecule has 3 aromatic rings. The van der Waals surface area contributed by atoms with Crippen LogP contribution in [0.15, 0.2) is 59.6 Å². The highest BCUT2D eigenvalue weighted by molar-refractivity contribution is 7.99. The number of hydrogen-bond acceptors (Lipinski definition) is 8. The first-order valence-electron chi connectivity index (χ1n) is 8.97. The molecule has 0 atom stereocenters. The molecule has 0 saturated heterocycles. The number of esters is 1. The Labute approximate surface area is 176 Å². The van der Waals surface area contributed by atoms with Crippen molar-refractivity contribution in [1.82, 2.24) is 10.2 Å². The van der Waals surface area contributed by atoms with E-state index in [0.717, 1.165) is 5.56 Å². The minimum Gasteiger partial charge on any atom is -0.465 e. The summed E-state index contributed by atoms with van der Waals surface area (Å²) in [4.78, 5) is 23.6. The molecule has 8 nitrogen and oxygen atoms in total. The average Bonchev–Trinajstić information content (AvgIpc) is 3.26. The normalized spacial score (nSPS) is 11.8. The Hall–Kier alpha value is -3.59. The molecule has 0 bridgehead atoms. The van der Waals surface area contributed by atoms with Gasteiger partial charge in [0.25, 0.3) is 0 Å². The molecule has 0 fully saturated rings. The number of methoxy groups -OCH3 is 1. The maximum Gasteiger partial charge on any atom is 0.337 e. The monoisotopic (exact) mass is 423 g/mol. The quantitative estimate of drug-likeness (QED) is 0.476. The first kappa shape index (κ1) is 19.7. The minimum absolute atomic E-state index is 0.177. The molecular weight excluding hydrogens is 406 g/mol. The highest BCUT2D eigenvalue weighted by Crippen LogP contribution is 2.35. The Morgan fingerprint density at radius 3 is 2.57 bits per heavy atom. The zero-order chi connectivity index (χ0) is 20.9.